The summed E-state index contributed by atoms with van der Waals surface area (Å²) >= 11 is 1.31. The zero-order valence-electron chi connectivity index (χ0n) is 14.3. The van der Waals surface area contributed by atoms with Crippen LogP contribution in [0.3, 0.4) is 0 Å². The zero-order chi connectivity index (χ0) is 18.8. The molecule has 6 nitrogen and oxygen atoms in total. The Balaban J connectivity index is 1.41. The molecular weight excluding hydrogens is 371 g/mol. The number of nitrogens with zero attached hydrogens (tertiary/aromatic N) is 1. The molecule has 2 aromatic carbocycles. The van der Waals surface area contributed by atoms with Crippen molar-refractivity contribution in [2.75, 3.05) is 12.1 Å². The van der Waals surface area contributed by atoms with Gasteiger partial charge >= 0.3 is 0 Å². The van der Waals surface area contributed by atoms with E-state index in [1.54, 1.807) is 6.92 Å². The standard InChI is InChI=1S/C19H15FN2O4S/c1-11(26-14-5-3-13(20)4-6-14)18(23)22-19-21-15(9-27-19)12-2-7-16-17(8-12)25-10-24-16/h2-9,11H,10H2,1H3,(H,21,22,23)/t11-/m0/s1. The molecule has 0 fully saturated rings. The average Bonchev–Trinajstić information content (AvgIpc) is 3.32. The summed E-state index contributed by atoms with van der Waals surface area (Å²) in [5, 5.41) is 5.04. The molecule has 0 saturated heterocycles. The first kappa shape index (κ1) is 17.3. The summed E-state index contributed by atoms with van der Waals surface area (Å²) in [6.45, 7) is 1.83. The number of halogens is 1. The number of amides is 1. The van der Waals surface area contributed by atoms with E-state index in [9.17, 15) is 9.18 Å². The summed E-state index contributed by atoms with van der Waals surface area (Å²) in [6, 6.07) is 11.1. The van der Waals surface area contributed by atoms with Gasteiger partial charge in [0.15, 0.2) is 22.7 Å². The van der Waals surface area contributed by atoms with E-state index < -0.39 is 6.10 Å². The van der Waals surface area contributed by atoms with Crippen molar-refractivity contribution in [1.29, 1.82) is 0 Å². The van der Waals surface area contributed by atoms with Gasteiger partial charge in [-0.05, 0) is 49.4 Å². The topological polar surface area (TPSA) is 69.7 Å². The van der Waals surface area contributed by atoms with Gasteiger partial charge in [-0.3, -0.25) is 10.1 Å². The molecule has 0 unspecified atom stereocenters. The largest absolute Gasteiger partial charge is 0.481 e. The maximum atomic E-state index is 12.9. The number of hydrogen-bond acceptors (Lipinski definition) is 6. The lowest BCUT2D eigenvalue weighted by Gasteiger charge is -2.13. The van der Waals surface area contributed by atoms with Crippen LogP contribution in [0.2, 0.25) is 0 Å². The van der Waals surface area contributed by atoms with Crippen molar-refractivity contribution < 1.29 is 23.4 Å². The monoisotopic (exact) mass is 386 g/mol. The molecule has 1 atom stereocenters. The van der Waals surface area contributed by atoms with Gasteiger partial charge in [-0.2, -0.15) is 0 Å². The highest BCUT2D eigenvalue weighted by atomic mass is 32.1. The molecule has 1 aliphatic heterocycles. The fourth-order valence-corrected chi connectivity index (χ4v) is 3.22. The van der Waals surface area contributed by atoms with Gasteiger partial charge in [0.05, 0.1) is 5.69 Å². The summed E-state index contributed by atoms with van der Waals surface area (Å²) in [5.74, 6) is 1.09. The number of thiazole rings is 1. The second kappa shape index (κ2) is 7.24. The van der Waals surface area contributed by atoms with Gasteiger partial charge in [0.1, 0.15) is 11.6 Å². The highest BCUT2D eigenvalue weighted by Gasteiger charge is 2.18. The molecule has 0 radical (unpaired) electrons. The molecule has 8 heteroatoms. The van der Waals surface area contributed by atoms with Crippen molar-refractivity contribution >= 4 is 22.4 Å². The fraction of sp³-hybridized carbons (Fsp3) is 0.158. The third kappa shape index (κ3) is 3.85. The second-order valence-corrected chi connectivity index (χ2v) is 6.67. The van der Waals surface area contributed by atoms with Crippen LogP contribution < -0.4 is 19.5 Å². The van der Waals surface area contributed by atoms with Crippen molar-refractivity contribution in [2.24, 2.45) is 0 Å². The molecular formula is C19H15FN2O4S. The highest BCUT2D eigenvalue weighted by Crippen LogP contribution is 2.36. The molecule has 2 heterocycles. The van der Waals surface area contributed by atoms with E-state index in [1.807, 2.05) is 23.6 Å². The van der Waals surface area contributed by atoms with Crippen molar-refractivity contribution in [3.8, 4) is 28.5 Å². The molecule has 1 N–H and O–H groups in total. The quantitative estimate of drug-likeness (QED) is 0.715. The van der Waals surface area contributed by atoms with E-state index in [2.05, 4.69) is 10.3 Å². The lowest BCUT2D eigenvalue weighted by Crippen LogP contribution is -2.30. The molecule has 0 spiro atoms. The van der Waals surface area contributed by atoms with Crippen LogP contribution in [-0.4, -0.2) is 23.8 Å². The lowest BCUT2D eigenvalue weighted by atomic mass is 10.1. The van der Waals surface area contributed by atoms with Gasteiger partial charge in [-0.15, -0.1) is 11.3 Å². The molecule has 27 heavy (non-hydrogen) atoms. The number of aromatic nitrogens is 1. The Labute approximate surface area is 158 Å². The minimum atomic E-state index is -0.756. The minimum Gasteiger partial charge on any atom is -0.481 e. The number of benzene rings is 2. The molecule has 138 valence electrons. The molecule has 3 aromatic rings. The van der Waals surface area contributed by atoms with Gasteiger partial charge < -0.3 is 14.2 Å². The van der Waals surface area contributed by atoms with Gasteiger partial charge in [-0.25, -0.2) is 9.37 Å². The zero-order valence-corrected chi connectivity index (χ0v) is 15.1. The predicted octanol–water partition coefficient (Wildman–Crippen LogP) is 4.08. The van der Waals surface area contributed by atoms with Crippen molar-refractivity contribution in [3.05, 3.63) is 53.7 Å². The number of nitrogens with one attached hydrogen (secondary N) is 1. The summed E-state index contributed by atoms with van der Waals surface area (Å²) in [5.41, 5.74) is 1.59. The van der Waals surface area contributed by atoms with E-state index in [-0.39, 0.29) is 18.5 Å². The number of anilines is 1. The molecule has 0 bridgehead atoms. The van der Waals surface area contributed by atoms with Crippen LogP contribution in [0, 0.1) is 5.82 Å². The van der Waals surface area contributed by atoms with E-state index in [0.717, 1.165) is 11.3 Å². The summed E-state index contributed by atoms with van der Waals surface area (Å²) in [7, 11) is 0. The Morgan fingerprint density at radius 1 is 1.22 bits per heavy atom. The maximum Gasteiger partial charge on any atom is 0.266 e. The van der Waals surface area contributed by atoms with Gasteiger partial charge in [-0.1, -0.05) is 0 Å². The number of ether oxygens (including phenoxy) is 3. The summed E-state index contributed by atoms with van der Waals surface area (Å²) in [6.07, 6.45) is -0.756. The number of carbonyl (C=O) groups excluding carboxylic acids is 1. The lowest BCUT2D eigenvalue weighted by molar-refractivity contribution is -0.122. The molecule has 0 saturated carbocycles. The molecule has 1 amide bonds. The number of fused-ring (bicyclic) bond motifs is 1. The third-order valence-corrected chi connectivity index (χ3v) is 4.66. The second-order valence-electron chi connectivity index (χ2n) is 5.81. The Hall–Kier alpha value is -3.13. The predicted molar refractivity (Wildman–Crippen MR) is 98.8 cm³/mol. The van der Waals surface area contributed by atoms with E-state index >= 15 is 0 Å². The Kier molecular flexibility index (Phi) is 4.64. The Morgan fingerprint density at radius 2 is 2.00 bits per heavy atom. The van der Waals surface area contributed by atoms with E-state index in [0.29, 0.717) is 22.4 Å². The smallest absolute Gasteiger partial charge is 0.266 e. The van der Waals surface area contributed by atoms with Crippen molar-refractivity contribution in [3.63, 3.8) is 0 Å². The van der Waals surface area contributed by atoms with E-state index in [4.69, 9.17) is 14.2 Å². The number of carbonyl (C=O) groups is 1. The van der Waals surface area contributed by atoms with Crippen LogP contribution in [0.5, 0.6) is 17.2 Å². The first-order valence-electron chi connectivity index (χ1n) is 8.17. The first-order valence-corrected chi connectivity index (χ1v) is 9.05. The third-order valence-electron chi connectivity index (χ3n) is 3.90. The van der Waals surface area contributed by atoms with Gasteiger partial charge in [0.25, 0.3) is 5.91 Å². The first-order chi connectivity index (χ1) is 13.1. The summed E-state index contributed by atoms with van der Waals surface area (Å²) < 4.78 is 29.1. The highest BCUT2D eigenvalue weighted by molar-refractivity contribution is 7.14. The maximum absolute atomic E-state index is 12.9. The van der Waals surface area contributed by atoms with Crippen molar-refractivity contribution in [1.82, 2.24) is 4.98 Å². The van der Waals surface area contributed by atoms with Crippen LogP contribution in [0.15, 0.2) is 47.8 Å². The van der Waals surface area contributed by atoms with Crippen molar-refractivity contribution in [2.45, 2.75) is 13.0 Å². The SMILES string of the molecule is C[C@H](Oc1ccc(F)cc1)C(=O)Nc1nc(-c2ccc3c(c2)OCO3)cs1. The Bertz CT molecular complexity index is 974. The van der Waals surface area contributed by atoms with Gasteiger partial charge in [0, 0.05) is 10.9 Å². The molecule has 1 aliphatic rings. The average molecular weight is 386 g/mol. The minimum absolute atomic E-state index is 0.211. The molecule has 1 aromatic heterocycles. The van der Waals surface area contributed by atoms with Crippen LogP contribution in [0.25, 0.3) is 11.3 Å². The number of rotatable bonds is 5. The van der Waals surface area contributed by atoms with Crippen LogP contribution in [-0.2, 0) is 4.79 Å². The normalized spacial score (nSPS) is 13.3. The van der Waals surface area contributed by atoms with Gasteiger partial charge in [0.2, 0.25) is 6.79 Å². The van der Waals surface area contributed by atoms with Crippen LogP contribution in [0.1, 0.15) is 6.92 Å². The molecule has 4 rings (SSSR count). The summed E-state index contributed by atoms with van der Waals surface area (Å²) in [4.78, 5) is 16.7. The van der Waals surface area contributed by atoms with E-state index in [1.165, 1.54) is 35.6 Å². The fourth-order valence-electron chi connectivity index (χ4n) is 2.50. The van der Waals surface area contributed by atoms with Crippen LogP contribution in [0.4, 0.5) is 9.52 Å². The number of hydrogen-bond donors (Lipinski definition) is 1. The Morgan fingerprint density at radius 3 is 2.81 bits per heavy atom. The molecule has 0 aliphatic carbocycles. The van der Waals surface area contributed by atoms with Crippen LogP contribution >= 0.6 is 11.3 Å².